The molecule has 4 atom stereocenters. The Balaban J connectivity index is 2.71. The van der Waals surface area contributed by atoms with Crippen molar-refractivity contribution in [1.29, 1.82) is 0 Å². The van der Waals surface area contributed by atoms with Crippen LogP contribution in [0.4, 0.5) is 0 Å². The van der Waals surface area contributed by atoms with Gasteiger partial charge in [-0.1, -0.05) is 20.8 Å². The topological polar surface area (TPSA) is 69.9 Å². The molecule has 1 saturated heterocycles. The Morgan fingerprint density at radius 2 is 1.69 bits per heavy atom. The standard InChI is InChI=1S/C9H18O4/c1-9(2,3)8-7(12)6(11)5(4-10)13-8/h5-8,10-12H,4H2,1-3H3/t5-,6+,7-,8-/m1/s1. The van der Waals surface area contributed by atoms with Crippen LogP contribution in [0.2, 0.25) is 0 Å². The Bertz CT molecular complexity index is 175. The minimum absolute atomic E-state index is 0.232. The predicted octanol–water partition coefficient (Wildman–Crippen LogP) is -0.486. The van der Waals surface area contributed by atoms with Crippen molar-refractivity contribution in [2.75, 3.05) is 6.61 Å². The van der Waals surface area contributed by atoms with Gasteiger partial charge in [-0.3, -0.25) is 0 Å². The number of aliphatic hydroxyl groups is 3. The fourth-order valence-corrected chi connectivity index (χ4v) is 1.62. The molecule has 1 heterocycles. The van der Waals surface area contributed by atoms with Gasteiger partial charge >= 0.3 is 0 Å². The van der Waals surface area contributed by atoms with E-state index in [0.717, 1.165) is 0 Å². The first-order valence-corrected chi connectivity index (χ1v) is 4.50. The van der Waals surface area contributed by atoms with E-state index < -0.39 is 24.4 Å². The van der Waals surface area contributed by atoms with Crippen LogP contribution in [0.15, 0.2) is 0 Å². The van der Waals surface area contributed by atoms with E-state index in [1.165, 1.54) is 0 Å². The van der Waals surface area contributed by atoms with Crippen molar-refractivity contribution in [3.8, 4) is 0 Å². The molecule has 0 aromatic carbocycles. The average Bonchev–Trinajstić information content (AvgIpc) is 2.28. The number of aliphatic hydroxyl groups excluding tert-OH is 3. The normalized spacial score (nSPS) is 41.1. The first-order chi connectivity index (χ1) is 5.88. The molecule has 3 N–H and O–H groups in total. The van der Waals surface area contributed by atoms with Crippen LogP contribution >= 0.6 is 0 Å². The summed E-state index contributed by atoms with van der Waals surface area (Å²) < 4.78 is 5.35. The molecule has 0 saturated carbocycles. The van der Waals surface area contributed by atoms with Crippen molar-refractivity contribution < 1.29 is 20.1 Å². The van der Waals surface area contributed by atoms with Crippen molar-refractivity contribution in [3.05, 3.63) is 0 Å². The highest BCUT2D eigenvalue weighted by atomic mass is 16.6. The number of rotatable bonds is 1. The zero-order valence-electron chi connectivity index (χ0n) is 8.27. The smallest absolute Gasteiger partial charge is 0.111 e. The van der Waals surface area contributed by atoms with E-state index in [4.69, 9.17) is 9.84 Å². The summed E-state index contributed by atoms with van der Waals surface area (Å²) >= 11 is 0. The number of hydrogen-bond donors (Lipinski definition) is 3. The van der Waals surface area contributed by atoms with E-state index >= 15 is 0 Å². The van der Waals surface area contributed by atoms with Crippen LogP contribution in [0.5, 0.6) is 0 Å². The van der Waals surface area contributed by atoms with Crippen molar-refractivity contribution in [2.45, 2.75) is 45.2 Å². The average molecular weight is 190 g/mol. The van der Waals surface area contributed by atoms with Crippen LogP contribution in [0.1, 0.15) is 20.8 Å². The molecular weight excluding hydrogens is 172 g/mol. The molecule has 4 nitrogen and oxygen atoms in total. The minimum atomic E-state index is -0.978. The maximum atomic E-state index is 9.61. The van der Waals surface area contributed by atoms with Crippen molar-refractivity contribution >= 4 is 0 Å². The molecule has 4 heteroatoms. The van der Waals surface area contributed by atoms with Gasteiger partial charge in [-0.05, 0) is 5.41 Å². The van der Waals surface area contributed by atoms with E-state index in [2.05, 4.69) is 0 Å². The Labute approximate surface area is 78.1 Å². The molecule has 78 valence electrons. The lowest BCUT2D eigenvalue weighted by atomic mass is 9.85. The van der Waals surface area contributed by atoms with Crippen molar-refractivity contribution in [2.24, 2.45) is 5.41 Å². The van der Waals surface area contributed by atoms with Gasteiger partial charge in [0.1, 0.15) is 18.3 Å². The molecule has 0 aromatic heterocycles. The Morgan fingerprint density at radius 3 is 1.92 bits per heavy atom. The third kappa shape index (κ3) is 2.02. The van der Waals surface area contributed by atoms with Crippen LogP contribution in [-0.2, 0) is 4.74 Å². The molecular formula is C9H18O4. The maximum absolute atomic E-state index is 9.61. The second-order valence-corrected chi connectivity index (χ2v) is 4.62. The molecule has 0 aromatic rings. The highest BCUT2D eigenvalue weighted by Crippen LogP contribution is 2.33. The molecule has 13 heavy (non-hydrogen) atoms. The maximum Gasteiger partial charge on any atom is 0.111 e. The van der Waals surface area contributed by atoms with E-state index in [1.54, 1.807) is 0 Å². The molecule has 0 aliphatic carbocycles. The predicted molar refractivity (Wildman–Crippen MR) is 47.2 cm³/mol. The van der Waals surface area contributed by atoms with Gasteiger partial charge in [0.25, 0.3) is 0 Å². The van der Waals surface area contributed by atoms with E-state index in [9.17, 15) is 10.2 Å². The molecule has 0 unspecified atom stereocenters. The lowest BCUT2D eigenvalue weighted by Gasteiger charge is -2.28. The number of hydrogen-bond acceptors (Lipinski definition) is 4. The summed E-state index contributed by atoms with van der Waals surface area (Å²) in [5, 5.41) is 27.9. The molecule has 1 fully saturated rings. The second-order valence-electron chi connectivity index (χ2n) is 4.62. The SMILES string of the molecule is CC(C)(C)[C@@H]1O[C@H](CO)[C@H](O)[C@H]1O. The van der Waals surface area contributed by atoms with E-state index in [-0.39, 0.29) is 12.0 Å². The zero-order valence-corrected chi connectivity index (χ0v) is 8.27. The van der Waals surface area contributed by atoms with Crippen LogP contribution in [-0.4, -0.2) is 46.3 Å². The first-order valence-electron chi connectivity index (χ1n) is 4.50. The fourth-order valence-electron chi connectivity index (χ4n) is 1.62. The lowest BCUT2D eigenvalue weighted by molar-refractivity contribution is -0.0638. The summed E-state index contributed by atoms with van der Waals surface area (Å²) in [5.74, 6) is 0. The molecule has 1 rings (SSSR count). The molecule has 0 bridgehead atoms. The Kier molecular flexibility index (Phi) is 2.97. The fraction of sp³-hybridized carbons (Fsp3) is 1.00. The van der Waals surface area contributed by atoms with Crippen LogP contribution < -0.4 is 0 Å². The van der Waals surface area contributed by atoms with Gasteiger partial charge in [0, 0.05) is 0 Å². The second kappa shape index (κ2) is 3.53. The van der Waals surface area contributed by atoms with E-state index in [0.29, 0.717) is 0 Å². The lowest BCUT2D eigenvalue weighted by Crippen LogP contribution is -2.39. The molecule has 0 spiro atoms. The van der Waals surface area contributed by atoms with Gasteiger partial charge < -0.3 is 20.1 Å². The largest absolute Gasteiger partial charge is 0.394 e. The van der Waals surface area contributed by atoms with Crippen LogP contribution in [0, 0.1) is 5.41 Å². The van der Waals surface area contributed by atoms with Crippen molar-refractivity contribution in [1.82, 2.24) is 0 Å². The highest BCUT2D eigenvalue weighted by Gasteiger charge is 2.47. The molecule has 1 aliphatic rings. The third-order valence-corrected chi connectivity index (χ3v) is 2.40. The van der Waals surface area contributed by atoms with Gasteiger partial charge in [0.2, 0.25) is 0 Å². The summed E-state index contributed by atoms with van der Waals surface area (Å²) in [4.78, 5) is 0. The van der Waals surface area contributed by atoms with Gasteiger partial charge in [0.05, 0.1) is 12.7 Å². The third-order valence-electron chi connectivity index (χ3n) is 2.40. The first kappa shape index (κ1) is 10.9. The van der Waals surface area contributed by atoms with Gasteiger partial charge in [-0.25, -0.2) is 0 Å². The number of ether oxygens (including phenoxy) is 1. The summed E-state index contributed by atoms with van der Waals surface area (Å²) in [5.41, 5.74) is -0.232. The van der Waals surface area contributed by atoms with Crippen molar-refractivity contribution in [3.63, 3.8) is 0 Å². The summed E-state index contributed by atoms with van der Waals surface area (Å²) in [6, 6.07) is 0. The highest BCUT2D eigenvalue weighted by molar-refractivity contribution is 4.95. The van der Waals surface area contributed by atoms with Crippen LogP contribution in [0.25, 0.3) is 0 Å². The molecule has 0 amide bonds. The summed E-state index contributed by atoms with van der Waals surface area (Å²) in [6.45, 7) is 5.51. The van der Waals surface area contributed by atoms with E-state index in [1.807, 2.05) is 20.8 Å². The molecule has 1 aliphatic heterocycles. The quantitative estimate of drug-likeness (QED) is 0.522. The minimum Gasteiger partial charge on any atom is -0.394 e. The van der Waals surface area contributed by atoms with Gasteiger partial charge in [-0.15, -0.1) is 0 Å². The summed E-state index contributed by atoms with van der Waals surface area (Å²) in [6.07, 6.45) is -2.95. The van der Waals surface area contributed by atoms with Gasteiger partial charge in [-0.2, -0.15) is 0 Å². The van der Waals surface area contributed by atoms with Gasteiger partial charge in [0.15, 0.2) is 0 Å². The molecule has 0 radical (unpaired) electrons. The zero-order chi connectivity index (χ0) is 10.2. The van der Waals surface area contributed by atoms with Crippen LogP contribution in [0.3, 0.4) is 0 Å². The Morgan fingerprint density at radius 1 is 1.15 bits per heavy atom. The Hall–Kier alpha value is -0.160. The summed E-state index contributed by atoms with van der Waals surface area (Å²) in [7, 11) is 0. The monoisotopic (exact) mass is 190 g/mol.